The lowest BCUT2D eigenvalue weighted by Crippen LogP contribution is -2.40. The maximum atomic E-state index is 12.7. The van der Waals surface area contributed by atoms with Gasteiger partial charge in [-0.1, -0.05) is 6.42 Å². The third-order valence-corrected chi connectivity index (χ3v) is 5.96. The number of benzene rings is 1. The van der Waals surface area contributed by atoms with Crippen LogP contribution in [0.4, 0.5) is 5.69 Å². The van der Waals surface area contributed by atoms with Crippen molar-refractivity contribution in [3.05, 3.63) is 16.6 Å². The van der Waals surface area contributed by atoms with Crippen LogP contribution < -0.4 is 14.8 Å². The highest BCUT2D eigenvalue weighted by Gasteiger charge is 2.41. The number of ether oxygens (including phenoxy) is 2. The fraction of sp³-hybridized carbons (Fsp3) is 0.556. The van der Waals surface area contributed by atoms with E-state index in [1.54, 1.807) is 6.07 Å². The van der Waals surface area contributed by atoms with E-state index in [0.29, 0.717) is 49.0 Å². The predicted molar refractivity (Wildman–Crippen MR) is 92.3 cm³/mol. The first-order valence-electron chi connectivity index (χ1n) is 8.55. The third kappa shape index (κ3) is 2.92. The summed E-state index contributed by atoms with van der Waals surface area (Å²) in [5.74, 6) is 1.79. The minimum Gasteiger partial charge on any atom is -0.486 e. The van der Waals surface area contributed by atoms with E-state index in [9.17, 15) is 9.59 Å². The molecule has 1 N–H and O–H groups in total. The van der Waals surface area contributed by atoms with Gasteiger partial charge in [0.2, 0.25) is 5.91 Å². The Balaban J connectivity index is 1.49. The molecule has 2 saturated carbocycles. The average molecular weight is 394 g/mol. The number of anilines is 1. The number of hydrogen-bond acceptors (Lipinski definition) is 4. The van der Waals surface area contributed by atoms with Gasteiger partial charge in [-0.3, -0.25) is 9.59 Å². The topological polar surface area (TPSA) is 64.6 Å². The first-order chi connectivity index (χ1) is 11.6. The number of rotatable bonds is 2. The largest absolute Gasteiger partial charge is 0.486 e. The summed E-state index contributed by atoms with van der Waals surface area (Å²) in [6.45, 7) is 1.04. The van der Waals surface area contributed by atoms with E-state index in [1.807, 2.05) is 6.07 Å². The number of carbonyl (C=O) groups excluding carboxylic acids is 2. The molecule has 0 radical (unpaired) electrons. The van der Waals surface area contributed by atoms with Crippen LogP contribution in [0.5, 0.6) is 11.5 Å². The van der Waals surface area contributed by atoms with Gasteiger partial charge in [0.25, 0.3) is 0 Å². The van der Waals surface area contributed by atoms with Crippen molar-refractivity contribution in [2.75, 3.05) is 18.5 Å². The number of fused-ring (bicyclic) bond motifs is 3. The standard InChI is InChI=1S/C18H20BrNO4/c19-13-8-15-16(24-5-4-23-15)9-14(13)20-18(22)12-6-10-2-1-3-11(7-12)17(10)21/h8-12H,1-7H2,(H,20,22). The molecule has 4 rings (SSSR count). The molecule has 0 aromatic heterocycles. The van der Waals surface area contributed by atoms with Crippen LogP contribution in [0.2, 0.25) is 0 Å². The number of amides is 1. The number of carbonyl (C=O) groups is 2. The van der Waals surface area contributed by atoms with Crippen LogP contribution in [0.15, 0.2) is 16.6 Å². The molecule has 1 amide bonds. The molecular formula is C18H20BrNO4. The van der Waals surface area contributed by atoms with Gasteiger partial charge in [-0.15, -0.1) is 0 Å². The normalized spacial score (nSPS) is 28.4. The Morgan fingerprint density at radius 1 is 1.08 bits per heavy atom. The highest BCUT2D eigenvalue weighted by molar-refractivity contribution is 9.10. The lowest BCUT2D eigenvalue weighted by molar-refractivity contribution is -0.136. The number of nitrogens with one attached hydrogen (secondary N) is 1. The first-order valence-corrected chi connectivity index (χ1v) is 9.35. The zero-order valence-corrected chi connectivity index (χ0v) is 14.9. The Labute approximate surface area is 149 Å². The summed E-state index contributed by atoms with van der Waals surface area (Å²) in [6.07, 6.45) is 4.36. The zero-order valence-electron chi connectivity index (χ0n) is 13.3. The molecule has 128 valence electrons. The summed E-state index contributed by atoms with van der Waals surface area (Å²) >= 11 is 3.48. The molecule has 2 bridgehead atoms. The van der Waals surface area contributed by atoms with Gasteiger partial charge in [0.15, 0.2) is 11.5 Å². The summed E-state index contributed by atoms with van der Waals surface area (Å²) in [6, 6.07) is 3.62. The first kappa shape index (κ1) is 15.9. The highest BCUT2D eigenvalue weighted by atomic mass is 79.9. The molecule has 0 spiro atoms. The molecule has 1 aliphatic heterocycles. The summed E-state index contributed by atoms with van der Waals surface area (Å²) in [5, 5.41) is 3.00. The molecule has 6 heteroatoms. The number of Topliss-reactive ketones (excluding diaryl/α,β-unsaturated/α-hetero) is 1. The van der Waals surface area contributed by atoms with Crippen LogP contribution in [0.3, 0.4) is 0 Å². The van der Waals surface area contributed by atoms with Crippen molar-refractivity contribution in [2.45, 2.75) is 32.1 Å². The van der Waals surface area contributed by atoms with E-state index < -0.39 is 0 Å². The fourth-order valence-electron chi connectivity index (χ4n) is 4.09. The molecule has 3 aliphatic rings. The van der Waals surface area contributed by atoms with Gasteiger partial charge < -0.3 is 14.8 Å². The monoisotopic (exact) mass is 393 g/mol. The molecule has 2 atom stereocenters. The lowest BCUT2D eigenvalue weighted by Gasteiger charge is -2.37. The van der Waals surface area contributed by atoms with Gasteiger partial charge in [-0.25, -0.2) is 0 Å². The van der Waals surface area contributed by atoms with Crippen molar-refractivity contribution in [1.82, 2.24) is 0 Å². The fourth-order valence-corrected chi connectivity index (χ4v) is 4.51. The van der Waals surface area contributed by atoms with Crippen LogP contribution in [-0.4, -0.2) is 24.9 Å². The van der Waals surface area contributed by atoms with Crippen LogP contribution >= 0.6 is 15.9 Å². The van der Waals surface area contributed by atoms with E-state index in [-0.39, 0.29) is 23.7 Å². The lowest BCUT2D eigenvalue weighted by atomic mass is 9.67. The second-order valence-electron chi connectivity index (χ2n) is 6.86. The van der Waals surface area contributed by atoms with Crippen LogP contribution in [-0.2, 0) is 9.59 Å². The molecule has 24 heavy (non-hydrogen) atoms. The molecule has 0 saturated heterocycles. The summed E-state index contributed by atoms with van der Waals surface area (Å²) < 4.78 is 11.9. The van der Waals surface area contributed by atoms with Crippen LogP contribution in [0.25, 0.3) is 0 Å². The number of ketones is 1. The molecule has 5 nitrogen and oxygen atoms in total. The Kier molecular flexibility index (Phi) is 4.24. The van der Waals surface area contributed by atoms with Crippen molar-refractivity contribution in [1.29, 1.82) is 0 Å². The predicted octanol–water partition coefficient (Wildman–Crippen LogP) is 3.55. The highest BCUT2D eigenvalue weighted by Crippen LogP contribution is 2.42. The smallest absolute Gasteiger partial charge is 0.227 e. The van der Waals surface area contributed by atoms with E-state index >= 15 is 0 Å². The van der Waals surface area contributed by atoms with Crippen molar-refractivity contribution in [2.24, 2.45) is 17.8 Å². The minimum atomic E-state index is -0.0851. The maximum Gasteiger partial charge on any atom is 0.227 e. The Morgan fingerprint density at radius 2 is 1.71 bits per heavy atom. The SMILES string of the molecule is O=C(Nc1cc2c(cc1Br)OCCO2)C1CC2CCCC(C1)C2=O. The second kappa shape index (κ2) is 6.39. The van der Waals surface area contributed by atoms with Gasteiger partial charge in [0.05, 0.1) is 5.69 Å². The van der Waals surface area contributed by atoms with Crippen molar-refractivity contribution >= 4 is 33.3 Å². The Bertz CT molecular complexity index is 674. The number of halogens is 1. The Morgan fingerprint density at radius 3 is 2.38 bits per heavy atom. The van der Waals surface area contributed by atoms with Gasteiger partial charge in [0.1, 0.15) is 19.0 Å². The average Bonchev–Trinajstić information content (AvgIpc) is 2.55. The van der Waals surface area contributed by atoms with E-state index in [4.69, 9.17) is 9.47 Å². The van der Waals surface area contributed by atoms with Crippen molar-refractivity contribution in [3.63, 3.8) is 0 Å². The Hall–Kier alpha value is -1.56. The zero-order chi connectivity index (χ0) is 16.7. The molecule has 1 aromatic rings. The van der Waals surface area contributed by atoms with Crippen molar-refractivity contribution < 1.29 is 19.1 Å². The molecular weight excluding hydrogens is 374 g/mol. The quantitative estimate of drug-likeness (QED) is 0.833. The van der Waals surface area contributed by atoms with Crippen LogP contribution in [0.1, 0.15) is 32.1 Å². The second-order valence-corrected chi connectivity index (χ2v) is 7.71. The molecule has 2 unspecified atom stereocenters. The molecule has 1 aromatic carbocycles. The van der Waals surface area contributed by atoms with E-state index in [2.05, 4.69) is 21.2 Å². The summed E-state index contributed by atoms with van der Waals surface area (Å²) in [7, 11) is 0. The van der Waals surface area contributed by atoms with Gasteiger partial charge in [-0.05, 0) is 41.6 Å². The summed E-state index contributed by atoms with van der Waals surface area (Å²) in [4.78, 5) is 24.9. The molecule has 2 fully saturated rings. The molecule has 1 heterocycles. The van der Waals surface area contributed by atoms with E-state index in [0.717, 1.165) is 23.7 Å². The summed E-state index contributed by atoms with van der Waals surface area (Å²) in [5.41, 5.74) is 0.686. The minimum absolute atomic E-state index is 0.00298. The maximum absolute atomic E-state index is 12.7. The van der Waals surface area contributed by atoms with E-state index in [1.165, 1.54) is 0 Å². The van der Waals surface area contributed by atoms with Gasteiger partial charge in [0, 0.05) is 34.4 Å². The molecule has 2 aliphatic carbocycles. The van der Waals surface area contributed by atoms with Crippen molar-refractivity contribution in [3.8, 4) is 11.5 Å². The van der Waals surface area contributed by atoms with Gasteiger partial charge in [-0.2, -0.15) is 0 Å². The van der Waals surface area contributed by atoms with Crippen LogP contribution in [0, 0.1) is 17.8 Å². The number of hydrogen-bond donors (Lipinski definition) is 1. The van der Waals surface area contributed by atoms with Gasteiger partial charge >= 0.3 is 0 Å². The third-order valence-electron chi connectivity index (χ3n) is 5.31.